The third kappa shape index (κ3) is 8.70. The maximum absolute atomic E-state index is 7.28. The summed E-state index contributed by atoms with van der Waals surface area (Å²) in [5, 5.41) is 2.18. The van der Waals surface area contributed by atoms with Crippen LogP contribution in [0.5, 0.6) is 0 Å². The van der Waals surface area contributed by atoms with Crippen LogP contribution in [0.15, 0.2) is 168 Å². The molecule has 0 fully saturated rings. The van der Waals surface area contributed by atoms with Gasteiger partial charge in [0.2, 0.25) is 0 Å². The predicted octanol–water partition coefficient (Wildman–Crippen LogP) is 14.3. The van der Waals surface area contributed by atoms with Gasteiger partial charge in [-0.2, -0.15) is 0 Å². The molecule has 6 heteroatoms. The van der Waals surface area contributed by atoms with Gasteiger partial charge < -0.3 is 9.40 Å². The number of fused-ring (bicyclic) bond motifs is 4. The van der Waals surface area contributed by atoms with Crippen molar-refractivity contribution in [3.63, 3.8) is 0 Å². The quantitative estimate of drug-likeness (QED) is 0.112. The van der Waals surface area contributed by atoms with Crippen LogP contribution in [0.4, 0.5) is 0 Å². The number of nitrogens with zero attached hydrogens (tertiary/aromatic N) is 3. The van der Waals surface area contributed by atoms with Crippen LogP contribution >= 0.6 is 0 Å². The first-order valence-corrected chi connectivity index (χ1v) is 27.8. The second-order valence-corrected chi connectivity index (χ2v) is 26.5. The Balaban J connectivity index is 0.000000264. The van der Waals surface area contributed by atoms with Crippen molar-refractivity contribution in [2.45, 2.75) is 64.7 Å². The fourth-order valence-electron chi connectivity index (χ4n) is 8.50. The zero-order valence-electron chi connectivity index (χ0n) is 42.8. The van der Waals surface area contributed by atoms with Crippen molar-refractivity contribution in [3.05, 3.63) is 198 Å². The van der Waals surface area contributed by atoms with Crippen molar-refractivity contribution >= 4 is 55.0 Å². The molecule has 0 atom stereocenters. The first kappa shape index (κ1) is 37.5. The molecule has 0 aliphatic heterocycles. The van der Waals surface area contributed by atoms with Gasteiger partial charge in [0.25, 0.3) is 0 Å². The number of hydrogen-bond acceptors (Lipinski definition) is 3. The average molecular weight is 1080 g/mol. The Morgan fingerprint density at radius 2 is 1.33 bits per heavy atom. The number of aromatic nitrogens is 3. The number of hydrogen-bond donors (Lipinski definition) is 0. The predicted molar refractivity (Wildman–Crippen MR) is 267 cm³/mol. The van der Waals surface area contributed by atoms with Crippen LogP contribution in [0.3, 0.4) is 0 Å². The van der Waals surface area contributed by atoms with Gasteiger partial charge in [0, 0.05) is 39.9 Å². The van der Waals surface area contributed by atoms with Crippen molar-refractivity contribution in [1.29, 1.82) is 0 Å². The number of imidazole rings is 1. The van der Waals surface area contributed by atoms with Gasteiger partial charge >= 0.3 is 230 Å². The molecule has 7 aromatic carbocycles. The number of furan rings is 1. The molecule has 10 rings (SSSR count). The molecule has 0 bridgehead atoms. The maximum Gasteiger partial charge on any atom is 0.0280 e. The third-order valence-corrected chi connectivity index (χ3v) is 19.5. The Hall–Kier alpha value is -5.85. The molecule has 10 aromatic rings. The van der Waals surface area contributed by atoms with E-state index < -0.39 is 27.0 Å². The Morgan fingerprint density at radius 3 is 2.00 bits per heavy atom. The van der Waals surface area contributed by atoms with Crippen LogP contribution in [0.25, 0.3) is 72.4 Å². The second kappa shape index (κ2) is 18.7. The Bertz CT molecular complexity index is 3350. The van der Waals surface area contributed by atoms with Crippen molar-refractivity contribution in [3.8, 4) is 39.5 Å². The van der Waals surface area contributed by atoms with Crippen LogP contribution in [-0.2, 0) is 20.1 Å². The second-order valence-electron chi connectivity index (χ2n) is 17.3. The third-order valence-electron chi connectivity index (χ3n) is 12.0. The van der Waals surface area contributed by atoms with E-state index in [0.29, 0.717) is 11.3 Å². The first-order valence-electron chi connectivity index (χ1n) is 24.5. The molecule has 0 aliphatic rings. The van der Waals surface area contributed by atoms with Gasteiger partial charge in [0.1, 0.15) is 5.58 Å². The normalized spacial score (nSPS) is 13.4. The molecule has 1 radical (unpaired) electrons. The Labute approximate surface area is 402 Å². The summed E-state index contributed by atoms with van der Waals surface area (Å²) in [7, 11) is 0. The van der Waals surface area contributed by atoms with Gasteiger partial charge in [-0.05, 0) is 24.2 Å². The summed E-state index contributed by atoms with van der Waals surface area (Å²) in [5.41, 5.74) is 12.5. The Kier molecular flexibility index (Phi) is 11.0. The van der Waals surface area contributed by atoms with Gasteiger partial charge in [-0.25, -0.2) is 0 Å². The van der Waals surface area contributed by atoms with Gasteiger partial charge in [0.15, 0.2) is 0 Å². The van der Waals surface area contributed by atoms with Crippen LogP contribution in [0, 0.1) is 25.8 Å². The number of pyridine rings is 1. The maximum atomic E-state index is 7.28. The molecule has 0 saturated heterocycles. The first-order chi connectivity index (χ1) is 32.9. The van der Waals surface area contributed by atoms with E-state index in [9.17, 15) is 0 Å². The van der Waals surface area contributed by atoms with Crippen molar-refractivity contribution in [1.82, 2.24) is 14.5 Å². The number of benzene rings is 7. The summed E-state index contributed by atoms with van der Waals surface area (Å²) in [6.07, 6.45) is 1.30. The van der Waals surface area contributed by atoms with Crippen molar-refractivity contribution in [2.75, 3.05) is 0 Å². The minimum atomic E-state index is -2.40. The van der Waals surface area contributed by atoms with Crippen LogP contribution in [-0.4, -0.2) is 27.8 Å². The van der Waals surface area contributed by atoms with E-state index in [1.165, 1.54) is 61.1 Å². The molecule has 3 aromatic heterocycles. The molecule has 0 spiro atoms. The van der Waals surface area contributed by atoms with E-state index >= 15 is 0 Å². The summed E-state index contributed by atoms with van der Waals surface area (Å²) in [5.74, 6) is 6.38. The summed E-state index contributed by atoms with van der Waals surface area (Å²) in [6, 6.07) is 60.1. The molecule has 64 heavy (non-hydrogen) atoms. The van der Waals surface area contributed by atoms with E-state index in [2.05, 4.69) is 170 Å². The summed E-state index contributed by atoms with van der Waals surface area (Å²) in [6.45, 7) is 4.87. The number of rotatable bonds is 8. The van der Waals surface area contributed by atoms with Crippen LogP contribution in [0.1, 0.15) is 70.0 Å². The van der Waals surface area contributed by atoms with E-state index in [-0.39, 0.29) is 43.1 Å². The molecule has 3 heterocycles. The molecular weight excluding hydrogens is 1020 g/mol. The summed E-state index contributed by atoms with van der Waals surface area (Å²) < 4.78 is 55.6. The molecule has 0 saturated carbocycles. The van der Waals surface area contributed by atoms with Crippen molar-refractivity contribution < 1.29 is 32.7 Å². The fraction of sp³-hybridized carbons (Fsp3) is 0.172. The average Bonchev–Trinajstić information content (AvgIpc) is 3.92. The van der Waals surface area contributed by atoms with Crippen molar-refractivity contribution in [2.24, 2.45) is 0 Å². The molecule has 0 aliphatic carbocycles. The standard InChI is InChI=1S/C45H41GeN2O.C13H12N.Ir/c1-29(2)38-27-32(31-23-25-34(26-24-31)46(5,6)33-15-8-7-9-16-33)28-39(30(3)4)43(38)48-41-21-12-11-20-40(41)47-45(48)37-19-14-18-36-35-17-10-13-22-42(35)49-44(36)37;1-10-3-6-12(7-4-10)13-8-5-11(2)9-14-13;/h7-18,20-30H,1-6H3;3-6,8-9H,1-2H3;/q2*-1;/i;1D3,2D3;. The zero-order chi connectivity index (χ0) is 48.8. The van der Waals surface area contributed by atoms with Gasteiger partial charge in [-0.3, -0.25) is 0 Å². The summed E-state index contributed by atoms with van der Waals surface area (Å²) in [4.78, 5) is 9.37. The molecular formula is C58H53GeIrN3O-2. The van der Waals surface area contributed by atoms with E-state index in [1.54, 1.807) is 12.1 Å². The smallest absolute Gasteiger partial charge is 0.0280 e. The zero-order valence-corrected chi connectivity index (χ0v) is 41.3. The van der Waals surface area contributed by atoms with Crippen LogP contribution in [0.2, 0.25) is 11.5 Å². The Morgan fingerprint density at radius 1 is 0.656 bits per heavy atom. The molecule has 0 unspecified atom stereocenters. The molecule has 0 N–H and O–H groups in total. The summed E-state index contributed by atoms with van der Waals surface area (Å²) >= 11 is -2.40. The van der Waals surface area contributed by atoms with Crippen LogP contribution < -0.4 is 8.79 Å². The monoisotopic (exact) mass is 1080 g/mol. The topological polar surface area (TPSA) is 43.9 Å². The van der Waals surface area contributed by atoms with E-state index in [4.69, 9.17) is 17.6 Å². The van der Waals surface area contributed by atoms with E-state index in [0.717, 1.165) is 44.4 Å². The van der Waals surface area contributed by atoms with Gasteiger partial charge in [0.05, 0.1) is 0 Å². The van der Waals surface area contributed by atoms with Gasteiger partial charge in [-0.15, -0.1) is 47.5 Å². The minimum Gasteiger partial charge on any atom is -0.304 e. The van der Waals surface area contributed by atoms with E-state index in [1.807, 2.05) is 18.2 Å². The SMILES string of the molecule is CC(C)c1cc(-c2cc[c]([Ge]([CH3])([CH3])[c]3ccccc3)cc2)cc(C(C)C)c1-n1c(-c2[c-]ccc3c2oc2ccccc23)nc2ccccc21.[2H]C([2H])([2H])c1c[c-]c(-c2ccc(C([2H])([2H])[2H])cn2)cc1.[Ir]. The number of aryl methyl sites for hydroxylation is 2. The molecule has 321 valence electrons. The minimum absolute atomic E-state index is 0. The van der Waals surface area contributed by atoms with Gasteiger partial charge in [-0.1, -0.05) is 48.6 Å². The fourth-order valence-corrected chi connectivity index (χ4v) is 13.4. The largest absolute Gasteiger partial charge is 0.304 e. The molecule has 0 amide bonds. The number of para-hydroxylation sites is 3. The molecule has 4 nitrogen and oxygen atoms in total.